The van der Waals surface area contributed by atoms with E-state index in [0.717, 1.165) is 12.8 Å². The SMILES string of the molecule is CC(=O)c1oc2ccccc2c1NC(=O)COC(=O)c1ccc(N2CCC(C)CC2)c([N+](=O)[O-])c1. The molecule has 2 aromatic carbocycles. The van der Waals surface area contributed by atoms with Crippen molar-refractivity contribution >= 4 is 45.7 Å². The molecule has 10 nitrogen and oxygen atoms in total. The van der Waals surface area contributed by atoms with Crippen LogP contribution in [-0.4, -0.2) is 42.3 Å². The maximum Gasteiger partial charge on any atom is 0.338 e. The second-order valence-electron chi connectivity index (χ2n) is 8.61. The van der Waals surface area contributed by atoms with Gasteiger partial charge in [-0.3, -0.25) is 19.7 Å². The summed E-state index contributed by atoms with van der Waals surface area (Å²) in [5, 5.41) is 14.8. The van der Waals surface area contributed by atoms with Crippen LogP contribution in [0.25, 0.3) is 11.0 Å². The highest BCUT2D eigenvalue weighted by Crippen LogP contribution is 2.33. The van der Waals surface area contributed by atoms with Gasteiger partial charge in [0.1, 0.15) is 11.3 Å². The molecule has 35 heavy (non-hydrogen) atoms. The molecule has 0 saturated carbocycles. The Morgan fingerprint density at radius 2 is 1.89 bits per heavy atom. The number of carbonyl (C=O) groups excluding carboxylic acids is 3. The van der Waals surface area contributed by atoms with Crippen LogP contribution in [0.4, 0.5) is 17.1 Å². The van der Waals surface area contributed by atoms with Gasteiger partial charge in [-0.05, 0) is 43.0 Å². The molecule has 1 amide bonds. The number of piperidine rings is 1. The predicted octanol–water partition coefficient (Wildman–Crippen LogP) is 4.58. The van der Waals surface area contributed by atoms with Crippen molar-refractivity contribution in [2.75, 3.05) is 29.9 Å². The van der Waals surface area contributed by atoms with E-state index in [0.29, 0.717) is 35.7 Å². The van der Waals surface area contributed by atoms with Crippen molar-refractivity contribution in [3.63, 3.8) is 0 Å². The van der Waals surface area contributed by atoms with Crippen LogP contribution in [0.15, 0.2) is 46.9 Å². The number of nitro benzene ring substituents is 1. The number of rotatable bonds is 7. The van der Waals surface area contributed by atoms with Crippen molar-refractivity contribution in [3.05, 3.63) is 63.9 Å². The van der Waals surface area contributed by atoms with Crippen molar-refractivity contribution < 1.29 is 28.5 Å². The Bertz CT molecular complexity index is 1310. The minimum Gasteiger partial charge on any atom is -0.452 e. The lowest BCUT2D eigenvalue weighted by Crippen LogP contribution is -2.33. The molecule has 0 spiro atoms. The molecule has 3 aromatic rings. The molecule has 4 rings (SSSR count). The van der Waals surface area contributed by atoms with Crippen molar-refractivity contribution in [2.24, 2.45) is 5.92 Å². The van der Waals surface area contributed by atoms with Gasteiger partial charge in [0.25, 0.3) is 11.6 Å². The first-order chi connectivity index (χ1) is 16.7. The number of Topliss-reactive ketones (excluding diaryl/α,β-unsaturated/α-hetero) is 1. The van der Waals surface area contributed by atoms with Crippen LogP contribution in [0.3, 0.4) is 0 Å². The maximum absolute atomic E-state index is 12.5. The quantitative estimate of drug-likeness (QED) is 0.225. The van der Waals surface area contributed by atoms with Gasteiger partial charge in [-0.2, -0.15) is 0 Å². The van der Waals surface area contributed by atoms with Gasteiger partial charge in [-0.1, -0.05) is 19.1 Å². The number of ketones is 1. The van der Waals surface area contributed by atoms with E-state index in [1.807, 2.05) is 4.90 Å². The van der Waals surface area contributed by atoms with E-state index in [9.17, 15) is 24.5 Å². The zero-order valence-corrected chi connectivity index (χ0v) is 19.4. The Morgan fingerprint density at radius 3 is 2.57 bits per heavy atom. The van der Waals surface area contributed by atoms with Crippen LogP contribution in [0, 0.1) is 16.0 Å². The molecule has 1 fully saturated rings. The molecule has 0 atom stereocenters. The Labute approximate surface area is 201 Å². The minimum absolute atomic E-state index is 0.0100. The fraction of sp³-hybridized carbons (Fsp3) is 0.320. The maximum atomic E-state index is 12.5. The number of fused-ring (bicyclic) bond motifs is 1. The molecule has 0 bridgehead atoms. The third-order valence-electron chi connectivity index (χ3n) is 6.05. The summed E-state index contributed by atoms with van der Waals surface area (Å²) in [5.74, 6) is -1.36. The Kier molecular flexibility index (Phi) is 6.81. The summed E-state index contributed by atoms with van der Waals surface area (Å²) in [7, 11) is 0. The summed E-state index contributed by atoms with van der Waals surface area (Å²) in [6.45, 7) is 4.23. The molecule has 1 N–H and O–H groups in total. The van der Waals surface area contributed by atoms with E-state index in [1.54, 1.807) is 30.3 Å². The molecule has 2 heterocycles. The van der Waals surface area contributed by atoms with Gasteiger partial charge < -0.3 is 19.4 Å². The standard InChI is InChI=1S/C25H25N3O7/c1-15-9-11-27(12-10-15)19-8-7-17(13-20(19)28(32)33)25(31)34-14-22(30)26-23-18-5-3-4-6-21(18)35-24(23)16(2)29/h3-8,13,15H,9-12,14H2,1-2H3,(H,26,30). The number of para-hydroxylation sites is 1. The first-order valence-corrected chi connectivity index (χ1v) is 11.3. The smallest absolute Gasteiger partial charge is 0.338 e. The third-order valence-corrected chi connectivity index (χ3v) is 6.05. The molecular weight excluding hydrogens is 454 g/mol. The highest BCUT2D eigenvalue weighted by atomic mass is 16.6. The molecular formula is C25H25N3O7. The van der Waals surface area contributed by atoms with Crippen molar-refractivity contribution in [3.8, 4) is 0 Å². The second kappa shape index (κ2) is 9.96. The topological polar surface area (TPSA) is 132 Å². The summed E-state index contributed by atoms with van der Waals surface area (Å²) in [6, 6.07) is 11.0. The molecule has 1 saturated heterocycles. The Morgan fingerprint density at radius 1 is 1.17 bits per heavy atom. The molecule has 1 aliphatic heterocycles. The number of furan rings is 1. The van der Waals surface area contributed by atoms with Gasteiger partial charge in [0.05, 0.1) is 16.2 Å². The number of nitrogens with zero attached hydrogens (tertiary/aromatic N) is 2. The third kappa shape index (κ3) is 5.16. The number of amides is 1. The van der Waals surface area contributed by atoms with E-state index >= 15 is 0 Å². The monoisotopic (exact) mass is 479 g/mol. The van der Waals surface area contributed by atoms with Crippen LogP contribution in [0.5, 0.6) is 0 Å². The van der Waals surface area contributed by atoms with Crippen LogP contribution < -0.4 is 10.2 Å². The molecule has 0 aliphatic carbocycles. The molecule has 10 heteroatoms. The lowest BCUT2D eigenvalue weighted by Gasteiger charge is -2.31. The van der Waals surface area contributed by atoms with E-state index in [1.165, 1.54) is 19.1 Å². The van der Waals surface area contributed by atoms with E-state index in [2.05, 4.69) is 12.2 Å². The van der Waals surface area contributed by atoms with E-state index in [4.69, 9.17) is 9.15 Å². The number of anilines is 2. The molecule has 1 aromatic heterocycles. The van der Waals surface area contributed by atoms with E-state index in [-0.39, 0.29) is 28.5 Å². The highest BCUT2D eigenvalue weighted by molar-refractivity contribution is 6.11. The molecule has 1 aliphatic rings. The lowest BCUT2D eigenvalue weighted by atomic mass is 9.98. The summed E-state index contributed by atoms with van der Waals surface area (Å²) in [4.78, 5) is 50.0. The van der Waals surface area contributed by atoms with Crippen LogP contribution >= 0.6 is 0 Å². The number of esters is 1. The van der Waals surface area contributed by atoms with Crippen molar-refractivity contribution in [2.45, 2.75) is 26.7 Å². The van der Waals surface area contributed by atoms with Crippen LogP contribution in [0.1, 0.15) is 47.6 Å². The zero-order chi connectivity index (χ0) is 25.1. The van der Waals surface area contributed by atoms with Crippen LogP contribution in [-0.2, 0) is 9.53 Å². The average molecular weight is 479 g/mol. The fourth-order valence-electron chi connectivity index (χ4n) is 4.12. The van der Waals surface area contributed by atoms with Gasteiger partial charge in [0, 0.05) is 31.5 Å². The summed E-state index contributed by atoms with van der Waals surface area (Å²) < 4.78 is 10.6. The number of hydrogen-bond donors (Lipinski definition) is 1. The summed E-state index contributed by atoms with van der Waals surface area (Å²) in [6.07, 6.45) is 1.88. The van der Waals surface area contributed by atoms with Gasteiger partial charge in [-0.15, -0.1) is 0 Å². The van der Waals surface area contributed by atoms with Crippen molar-refractivity contribution in [1.82, 2.24) is 0 Å². The lowest BCUT2D eigenvalue weighted by molar-refractivity contribution is -0.384. The predicted molar refractivity (Wildman–Crippen MR) is 129 cm³/mol. The van der Waals surface area contributed by atoms with E-state index < -0.39 is 23.4 Å². The van der Waals surface area contributed by atoms with Crippen molar-refractivity contribution in [1.29, 1.82) is 0 Å². The fourth-order valence-corrected chi connectivity index (χ4v) is 4.12. The Balaban J connectivity index is 1.45. The van der Waals surface area contributed by atoms with Gasteiger partial charge >= 0.3 is 5.97 Å². The van der Waals surface area contributed by atoms with Gasteiger partial charge in [0.2, 0.25) is 0 Å². The normalized spacial score (nSPS) is 14.1. The number of nitrogens with one attached hydrogen (secondary N) is 1. The number of carbonyl (C=O) groups is 3. The largest absolute Gasteiger partial charge is 0.452 e. The number of hydrogen-bond acceptors (Lipinski definition) is 8. The molecule has 182 valence electrons. The molecule has 0 unspecified atom stereocenters. The summed E-state index contributed by atoms with van der Waals surface area (Å²) in [5.41, 5.74) is 0.872. The second-order valence-corrected chi connectivity index (χ2v) is 8.61. The van der Waals surface area contributed by atoms with Crippen LogP contribution in [0.2, 0.25) is 0 Å². The minimum atomic E-state index is -0.870. The number of ether oxygens (including phenoxy) is 1. The zero-order valence-electron chi connectivity index (χ0n) is 19.4. The number of nitro groups is 1. The first-order valence-electron chi connectivity index (χ1n) is 11.3. The van der Waals surface area contributed by atoms with Gasteiger partial charge in [0.15, 0.2) is 18.2 Å². The molecule has 0 radical (unpaired) electrons. The summed E-state index contributed by atoms with van der Waals surface area (Å²) >= 11 is 0. The highest BCUT2D eigenvalue weighted by Gasteiger charge is 2.26. The first kappa shape index (κ1) is 23.9. The number of benzene rings is 2. The average Bonchev–Trinajstić information content (AvgIpc) is 3.21. The Hall–Kier alpha value is -4.21. The van der Waals surface area contributed by atoms with Gasteiger partial charge in [-0.25, -0.2) is 4.79 Å².